The van der Waals surface area contributed by atoms with E-state index in [-0.39, 0.29) is 33.4 Å². The number of hydrogen-bond acceptors (Lipinski definition) is 5. The van der Waals surface area contributed by atoms with Crippen LogP contribution in [-0.4, -0.2) is 24.8 Å². The van der Waals surface area contributed by atoms with Gasteiger partial charge in [0.15, 0.2) is 0 Å². The lowest BCUT2D eigenvalue weighted by molar-refractivity contribution is -0.137. The van der Waals surface area contributed by atoms with E-state index in [1.54, 1.807) is 0 Å². The number of rotatable bonds is 6. The number of hydrogen-bond donors (Lipinski definition) is 2. The number of imide groups is 1. The van der Waals surface area contributed by atoms with E-state index in [1.165, 1.54) is 61.7 Å². The van der Waals surface area contributed by atoms with Crippen molar-refractivity contribution in [3.05, 3.63) is 93.6 Å². The zero-order valence-electron chi connectivity index (χ0n) is 18.8. The number of carbonyl (C=O) groups is 3. The number of benzene rings is 3. The van der Waals surface area contributed by atoms with Gasteiger partial charge >= 0.3 is 6.18 Å². The second-order valence-electron chi connectivity index (χ2n) is 7.65. The summed E-state index contributed by atoms with van der Waals surface area (Å²) in [6.07, 6.45) is -4.66. The first-order valence-corrected chi connectivity index (χ1v) is 11.2. The monoisotopic (exact) mass is 549 g/mol. The van der Waals surface area contributed by atoms with Gasteiger partial charge in [0, 0.05) is 16.3 Å². The van der Waals surface area contributed by atoms with Crippen molar-refractivity contribution < 1.29 is 32.3 Å². The Morgan fingerprint density at radius 3 is 2.38 bits per heavy atom. The summed E-state index contributed by atoms with van der Waals surface area (Å²) in [5, 5.41) is 4.80. The number of halogens is 5. The minimum atomic E-state index is -4.66. The summed E-state index contributed by atoms with van der Waals surface area (Å²) in [5.74, 6) is -2.24. The lowest BCUT2D eigenvalue weighted by Crippen LogP contribution is -2.32. The highest BCUT2D eigenvalue weighted by Gasteiger charge is 2.40. The highest BCUT2D eigenvalue weighted by molar-refractivity contribution is 6.53. The molecule has 0 bridgehead atoms. The molecule has 12 heteroatoms. The largest absolute Gasteiger partial charge is 0.495 e. The predicted molar refractivity (Wildman–Crippen MR) is 133 cm³/mol. The Labute approximate surface area is 218 Å². The molecule has 4 rings (SSSR count). The van der Waals surface area contributed by atoms with Crippen LogP contribution in [0.2, 0.25) is 5.02 Å². The molecule has 190 valence electrons. The molecule has 0 fully saturated rings. The summed E-state index contributed by atoms with van der Waals surface area (Å²) in [6.45, 7) is 0. The number of amides is 3. The van der Waals surface area contributed by atoms with Crippen molar-refractivity contribution in [2.45, 2.75) is 6.18 Å². The highest BCUT2D eigenvalue weighted by Crippen LogP contribution is 2.38. The van der Waals surface area contributed by atoms with Gasteiger partial charge in [0.05, 0.1) is 24.0 Å². The molecule has 37 heavy (non-hydrogen) atoms. The highest BCUT2D eigenvalue weighted by atomic mass is 35.5. The van der Waals surface area contributed by atoms with Gasteiger partial charge in [0.1, 0.15) is 16.5 Å². The second-order valence-corrected chi connectivity index (χ2v) is 8.47. The van der Waals surface area contributed by atoms with Crippen molar-refractivity contribution in [1.82, 2.24) is 0 Å². The van der Waals surface area contributed by atoms with Crippen molar-refractivity contribution in [2.75, 3.05) is 22.6 Å². The summed E-state index contributed by atoms with van der Waals surface area (Å²) < 4.78 is 45.0. The maximum atomic E-state index is 13.3. The Kier molecular flexibility index (Phi) is 7.15. The first-order chi connectivity index (χ1) is 17.5. The SMILES string of the molecule is COc1ccc(Cl)cc1N1C(=O)C(Cl)=C(Nc2cccc(C(=O)Nc3ccccc3C(F)(F)F)c2)C1=O. The number of para-hydroxylation sites is 1. The third-order valence-electron chi connectivity index (χ3n) is 5.28. The molecule has 3 aromatic rings. The van der Waals surface area contributed by atoms with E-state index in [0.717, 1.165) is 17.0 Å². The van der Waals surface area contributed by atoms with Crippen LogP contribution in [0.4, 0.5) is 30.2 Å². The summed E-state index contributed by atoms with van der Waals surface area (Å²) in [5.41, 5.74) is -1.42. The van der Waals surface area contributed by atoms with Crippen molar-refractivity contribution in [3.63, 3.8) is 0 Å². The minimum Gasteiger partial charge on any atom is -0.495 e. The normalized spacial score (nSPS) is 13.7. The molecule has 7 nitrogen and oxygen atoms in total. The van der Waals surface area contributed by atoms with Crippen LogP contribution in [0.1, 0.15) is 15.9 Å². The smallest absolute Gasteiger partial charge is 0.418 e. The molecule has 0 radical (unpaired) electrons. The van der Waals surface area contributed by atoms with Crippen molar-refractivity contribution >= 4 is 58.0 Å². The number of nitrogens with zero attached hydrogens (tertiary/aromatic N) is 1. The topological polar surface area (TPSA) is 87.7 Å². The fraction of sp³-hybridized carbons (Fsp3) is 0.0800. The van der Waals surface area contributed by atoms with Gasteiger partial charge in [-0.05, 0) is 48.5 Å². The van der Waals surface area contributed by atoms with Gasteiger partial charge in [-0.25, -0.2) is 4.90 Å². The van der Waals surface area contributed by atoms with Gasteiger partial charge in [0.2, 0.25) is 0 Å². The Morgan fingerprint density at radius 2 is 1.68 bits per heavy atom. The maximum Gasteiger partial charge on any atom is 0.418 e. The van der Waals surface area contributed by atoms with Gasteiger partial charge in [0.25, 0.3) is 17.7 Å². The molecule has 1 aliphatic heterocycles. The Morgan fingerprint density at radius 1 is 0.946 bits per heavy atom. The number of alkyl halides is 3. The van der Waals surface area contributed by atoms with Crippen LogP contribution in [0.15, 0.2) is 77.5 Å². The van der Waals surface area contributed by atoms with Crippen LogP contribution < -0.4 is 20.3 Å². The predicted octanol–water partition coefficient (Wildman–Crippen LogP) is 6.06. The first kappa shape index (κ1) is 26.1. The molecule has 0 atom stereocenters. The Bertz CT molecular complexity index is 1460. The number of nitrogens with one attached hydrogen (secondary N) is 2. The second kappa shape index (κ2) is 10.2. The number of carbonyl (C=O) groups excluding carboxylic acids is 3. The van der Waals surface area contributed by atoms with Crippen molar-refractivity contribution in [1.29, 1.82) is 0 Å². The van der Waals surface area contributed by atoms with Crippen LogP contribution in [-0.2, 0) is 15.8 Å². The fourth-order valence-corrected chi connectivity index (χ4v) is 3.96. The zero-order chi connectivity index (χ0) is 26.9. The standard InChI is InChI=1S/C25H16Cl2F3N3O4/c1-37-19-10-9-14(26)12-18(19)33-23(35)20(27)21(24(33)36)31-15-6-4-5-13(11-15)22(34)32-17-8-3-2-7-16(17)25(28,29)30/h2-12,31H,1H3,(H,32,34). The molecular weight excluding hydrogens is 534 g/mol. The van der Waals surface area contributed by atoms with Crippen molar-refractivity contribution in [3.8, 4) is 5.75 Å². The summed E-state index contributed by atoms with van der Waals surface area (Å²) in [4.78, 5) is 39.4. The van der Waals surface area contributed by atoms with Gasteiger partial charge < -0.3 is 15.4 Å². The zero-order valence-corrected chi connectivity index (χ0v) is 20.3. The molecule has 0 saturated carbocycles. The van der Waals surface area contributed by atoms with E-state index in [0.29, 0.717) is 0 Å². The molecule has 0 aromatic heterocycles. The molecule has 0 aliphatic carbocycles. The van der Waals surface area contributed by atoms with Crippen LogP contribution in [0, 0.1) is 0 Å². The van der Waals surface area contributed by atoms with Gasteiger partial charge in [-0.1, -0.05) is 41.4 Å². The minimum absolute atomic E-state index is 0.0103. The molecule has 2 N–H and O–H groups in total. The van der Waals surface area contributed by atoms with Gasteiger partial charge in [-0.3, -0.25) is 14.4 Å². The van der Waals surface area contributed by atoms with Crippen LogP contribution in [0.25, 0.3) is 0 Å². The van der Waals surface area contributed by atoms with Crippen LogP contribution in [0.5, 0.6) is 5.75 Å². The van der Waals surface area contributed by atoms with E-state index in [2.05, 4.69) is 10.6 Å². The van der Waals surface area contributed by atoms with Gasteiger partial charge in [-0.2, -0.15) is 13.2 Å². The summed E-state index contributed by atoms with van der Waals surface area (Å²) in [7, 11) is 1.36. The van der Waals surface area contributed by atoms with Crippen LogP contribution in [0.3, 0.4) is 0 Å². The molecule has 0 spiro atoms. The van der Waals surface area contributed by atoms with Crippen molar-refractivity contribution in [2.24, 2.45) is 0 Å². The summed E-state index contributed by atoms with van der Waals surface area (Å²) in [6, 6.07) is 14.5. The molecular formula is C25H16Cl2F3N3O4. The quantitative estimate of drug-likeness (QED) is 0.365. The fourth-order valence-electron chi connectivity index (χ4n) is 3.58. The van der Waals surface area contributed by atoms with E-state index in [1.807, 2.05) is 0 Å². The number of methoxy groups -OCH3 is 1. The summed E-state index contributed by atoms with van der Waals surface area (Å²) >= 11 is 12.2. The van der Waals surface area contributed by atoms with Gasteiger partial charge in [-0.15, -0.1) is 0 Å². The molecule has 0 saturated heterocycles. The lowest BCUT2D eigenvalue weighted by Gasteiger charge is -2.18. The first-order valence-electron chi connectivity index (χ1n) is 10.5. The lowest BCUT2D eigenvalue weighted by atomic mass is 10.1. The molecule has 1 aliphatic rings. The third-order valence-corrected chi connectivity index (χ3v) is 5.87. The van der Waals surface area contributed by atoms with E-state index < -0.39 is 40.2 Å². The number of anilines is 3. The Balaban J connectivity index is 1.58. The van der Waals surface area contributed by atoms with E-state index in [9.17, 15) is 27.6 Å². The average Bonchev–Trinajstić information content (AvgIpc) is 3.06. The van der Waals surface area contributed by atoms with E-state index >= 15 is 0 Å². The molecule has 3 aromatic carbocycles. The average molecular weight is 550 g/mol. The number of ether oxygens (including phenoxy) is 1. The maximum absolute atomic E-state index is 13.3. The Hall–Kier alpha value is -4.02. The third kappa shape index (κ3) is 5.25. The molecule has 0 unspecified atom stereocenters. The van der Waals surface area contributed by atoms with Crippen LogP contribution >= 0.6 is 23.2 Å². The molecule has 1 heterocycles. The molecule has 3 amide bonds. The van der Waals surface area contributed by atoms with E-state index in [4.69, 9.17) is 27.9 Å².